The first kappa shape index (κ1) is 12.8. The first-order valence-corrected chi connectivity index (χ1v) is 5.40. The summed E-state index contributed by atoms with van der Waals surface area (Å²) in [5.41, 5.74) is 1.01. The maximum atomic E-state index is 11.4. The number of carbonyl (C=O) groups is 1. The van der Waals surface area contributed by atoms with Crippen LogP contribution in [0.2, 0.25) is 0 Å². The van der Waals surface area contributed by atoms with Gasteiger partial charge in [0.25, 0.3) is 0 Å². The van der Waals surface area contributed by atoms with E-state index < -0.39 is 5.91 Å². The van der Waals surface area contributed by atoms with E-state index in [-0.39, 0.29) is 0 Å². The van der Waals surface area contributed by atoms with Crippen molar-refractivity contribution in [3.05, 3.63) is 35.9 Å². The van der Waals surface area contributed by atoms with Crippen LogP contribution in [0.15, 0.2) is 30.3 Å². The topological polar surface area (TPSA) is 44.1 Å². The van der Waals surface area contributed by atoms with Crippen LogP contribution in [0.4, 0.5) is 0 Å². The predicted molar refractivity (Wildman–Crippen MR) is 65.5 cm³/mol. The van der Waals surface area contributed by atoms with Gasteiger partial charge in [-0.2, -0.15) is 5.26 Å². The molecule has 0 spiro atoms. The van der Waals surface area contributed by atoms with E-state index in [1.54, 1.807) is 13.0 Å². The summed E-state index contributed by atoms with van der Waals surface area (Å²) in [5.74, 6) is 5.16. The number of nitriles is 1. The minimum absolute atomic E-state index is 0.457. The van der Waals surface area contributed by atoms with Crippen molar-refractivity contribution in [2.24, 2.45) is 0 Å². The van der Waals surface area contributed by atoms with Crippen LogP contribution >= 0.6 is 0 Å². The van der Waals surface area contributed by atoms with Gasteiger partial charge in [0, 0.05) is 19.5 Å². The lowest BCUT2D eigenvalue weighted by Crippen LogP contribution is -2.30. The largest absolute Gasteiger partial charge is 0.325 e. The van der Waals surface area contributed by atoms with E-state index in [9.17, 15) is 4.79 Å². The Kier molecular flexibility index (Phi) is 5.34. The predicted octanol–water partition coefficient (Wildman–Crippen LogP) is 1.95. The van der Waals surface area contributed by atoms with Crippen molar-refractivity contribution in [2.45, 2.75) is 19.9 Å². The number of amides is 1. The molecule has 1 amide bonds. The molecule has 1 rings (SSSR count). The van der Waals surface area contributed by atoms with Crippen molar-refractivity contribution in [3.63, 3.8) is 0 Å². The number of hydrogen-bond donors (Lipinski definition) is 0. The smallest absolute Gasteiger partial charge is 0.325 e. The molecule has 0 heterocycles. The fourth-order valence-corrected chi connectivity index (χ4v) is 1.44. The third kappa shape index (κ3) is 4.40. The van der Waals surface area contributed by atoms with Gasteiger partial charge < -0.3 is 4.90 Å². The van der Waals surface area contributed by atoms with Crippen LogP contribution in [0.3, 0.4) is 0 Å². The van der Waals surface area contributed by atoms with Crippen LogP contribution in [0, 0.1) is 23.2 Å². The molecule has 3 heteroatoms. The van der Waals surface area contributed by atoms with Crippen LogP contribution < -0.4 is 0 Å². The lowest BCUT2D eigenvalue weighted by Gasteiger charge is -2.18. The molecule has 86 valence electrons. The van der Waals surface area contributed by atoms with Gasteiger partial charge in [-0.15, -0.1) is 11.8 Å². The molecule has 0 unspecified atom stereocenters. The zero-order valence-corrected chi connectivity index (χ0v) is 9.81. The Balaban J connectivity index is 2.66. The van der Waals surface area contributed by atoms with Crippen molar-refractivity contribution in [3.8, 4) is 17.9 Å². The van der Waals surface area contributed by atoms with Crippen LogP contribution in [0.5, 0.6) is 0 Å². The monoisotopic (exact) mass is 226 g/mol. The van der Waals surface area contributed by atoms with Gasteiger partial charge in [0.15, 0.2) is 6.07 Å². The maximum Gasteiger partial charge on any atom is 0.325 e. The molecule has 1 aromatic rings. The molecule has 0 aliphatic heterocycles. The molecule has 0 fully saturated rings. The van der Waals surface area contributed by atoms with Crippen LogP contribution in [-0.4, -0.2) is 17.4 Å². The Morgan fingerprint density at radius 3 is 2.65 bits per heavy atom. The summed E-state index contributed by atoms with van der Waals surface area (Å²) in [7, 11) is 0. The molecule has 0 N–H and O–H groups in total. The summed E-state index contributed by atoms with van der Waals surface area (Å²) in [6.45, 7) is 2.70. The Morgan fingerprint density at radius 1 is 1.35 bits per heavy atom. The molecular weight excluding hydrogens is 212 g/mol. The number of nitrogens with zero attached hydrogens (tertiary/aromatic N) is 2. The summed E-state index contributed by atoms with van der Waals surface area (Å²) in [4.78, 5) is 12.9. The van der Waals surface area contributed by atoms with E-state index in [0.717, 1.165) is 5.56 Å². The number of carbonyl (C=O) groups excluding carboxylic acids is 1. The van der Waals surface area contributed by atoms with Crippen LogP contribution in [0.1, 0.15) is 18.9 Å². The van der Waals surface area contributed by atoms with Gasteiger partial charge >= 0.3 is 5.91 Å². The van der Waals surface area contributed by atoms with E-state index in [1.165, 1.54) is 4.90 Å². The molecule has 0 saturated heterocycles. The lowest BCUT2D eigenvalue weighted by molar-refractivity contribution is -0.125. The van der Waals surface area contributed by atoms with Gasteiger partial charge in [-0.1, -0.05) is 30.3 Å². The van der Waals surface area contributed by atoms with Gasteiger partial charge in [0.2, 0.25) is 0 Å². The zero-order chi connectivity index (χ0) is 12.5. The summed E-state index contributed by atoms with van der Waals surface area (Å²) < 4.78 is 0. The molecular formula is C14H14N2O. The molecule has 0 radical (unpaired) electrons. The highest BCUT2D eigenvalue weighted by Crippen LogP contribution is 2.05. The average Bonchev–Trinajstić information content (AvgIpc) is 2.38. The van der Waals surface area contributed by atoms with Gasteiger partial charge in [-0.3, -0.25) is 4.79 Å². The summed E-state index contributed by atoms with van der Waals surface area (Å²) in [6.07, 6.45) is 0.594. The highest BCUT2D eigenvalue weighted by atomic mass is 16.2. The van der Waals surface area contributed by atoms with Gasteiger partial charge in [0.05, 0.1) is 0 Å². The van der Waals surface area contributed by atoms with Crippen molar-refractivity contribution in [1.29, 1.82) is 5.26 Å². The molecule has 0 aromatic heterocycles. The second-order valence-electron chi connectivity index (χ2n) is 3.50. The molecule has 0 saturated carbocycles. The average molecular weight is 226 g/mol. The van der Waals surface area contributed by atoms with Gasteiger partial charge in [-0.25, -0.2) is 0 Å². The van der Waals surface area contributed by atoms with Crippen LogP contribution in [0.25, 0.3) is 0 Å². The molecule has 3 nitrogen and oxygen atoms in total. The third-order valence-corrected chi connectivity index (χ3v) is 2.28. The third-order valence-electron chi connectivity index (χ3n) is 2.28. The second-order valence-corrected chi connectivity index (χ2v) is 3.50. The quantitative estimate of drug-likeness (QED) is 0.582. The minimum atomic E-state index is -0.508. The molecule has 0 aliphatic rings. The number of benzene rings is 1. The van der Waals surface area contributed by atoms with E-state index in [0.29, 0.717) is 19.5 Å². The Bertz CT molecular complexity index is 462. The Labute approximate surface area is 102 Å². The van der Waals surface area contributed by atoms with E-state index in [4.69, 9.17) is 5.26 Å². The molecule has 0 bridgehead atoms. The summed E-state index contributed by atoms with van der Waals surface area (Å²) in [5, 5.41) is 8.66. The first-order valence-electron chi connectivity index (χ1n) is 5.40. The second kappa shape index (κ2) is 7.09. The van der Waals surface area contributed by atoms with Crippen molar-refractivity contribution >= 4 is 5.91 Å². The lowest BCUT2D eigenvalue weighted by atomic mass is 10.2. The highest BCUT2D eigenvalue weighted by Gasteiger charge is 2.11. The SMILES string of the molecule is CC#CCCN(Cc1ccccc1)C(=O)C#N. The zero-order valence-electron chi connectivity index (χ0n) is 9.81. The maximum absolute atomic E-state index is 11.4. The first-order chi connectivity index (χ1) is 8.27. The van der Waals surface area contributed by atoms with E-state index in [2.05, 4.69) is 11.8 Å². The fourth-order valence-electron chi connectivity index (χ4n) is 1.44. The van der Waals surface area contributed by atoms with Crippen LogP contribution in [-0.2, 0) is 11.3 Å². The highest BCUT2D eigenvalue weighted by molar-refractivity contribution is 5.91. The van der Waals surface area contributed by atoms with E-state index >= 15 is 0 Å². The summed E-state index contributed by atoms with van der Waals surface area (Å²) in [6, 6.07) is 11.3. The van der Waals surface area contributed by atoms with E-state index in [1.807, 2.05) is 30.3 Å². The number of rotatable bonds is 4. The van der Waals surface area contributed by atoms with Crippen molar-refractivity contribution in [2.75, 3.05) is 6.54 Å². The summed E-state index contributed by atoms with van der Waals surface area (Å²) >= 11 is 0. The normalized spacial score (nSPS) is 8.71. The molecule has 1 aromatic carbocycles. The molecule has 17 heavy (non-hydrogen) atoms. The standard InChI is InChI=1S/C14H14N2O/c1-2-3-7-10-16(14(17)11-15)12-13-8-5-4-6-9-13/h4-6,8-9H,7,10,12H2,1H3. The van der Waals surface area contributed by atoms with Gasteiger partial charge in [0.1, 0.15) is 0 Å². The van der Waals surface area contributed by atoms with Gasteiger partial charge in [-0.05, 0) is 12.5 Å². The molecule has 0 atom stereocenters. The van der Waals surface area contributed by atoms with Crippen molar-refractivity contribution < 1.29 is 4.79 Å². The number of hydrogen-bond acceptors (Lipinski definition) is 2. The fraction of sp³-hybridized carbons (Fsp3) is 0.286. The molecule has 0 aliphatic carbocycles. The Hall–Kier alpha value is -2.26. The van der Waals surface area contributed by atoms with Crippen molar-refractivity contribution in [1.82, 2.24) is 4.90 Å². The Morgan fingerprint density at radius 2 is 2.06 bits per heavy atom. The minimum Gasteiger partial charge on any atom is -0.325 e.